The molecule has 1 heterocycles. The van der Waals surface area contributed by atoms with Crippen LogP contribution < -0.4 is 20.1 Å². The molecule has 8 heteroatoms. The molecule has 0 radical (unpaired) electrons. The number of hydrogen-bond donors (Lipinski definition) is 2. The minimum absolute atomic E-state index is 0.0915. The molecule has 4 rings (SSSR count). The molecule has 0 aromatic heterocycles. The van der Waals surface area contributed by atoms with E-state index in [4.69, 9.17) is 14.2 Å². The van der Waals surface area contributed by atoms with E-state index in [-0.39, 0.29) is 18.3 Å². The van der Waals surface area contributed by atoms with E-state index >= 15 is 0 Å². The first-order chi connectivity index (χ1) is 16.0. The highest BCUT2D eigenvalue weighted by molar-refractivity contribution is 6.04. The molecule has 1 aliphatic heterocycles. The number of anilines is 1. The molecule has 3 aromatic rings. The molecule has 33 heavy (non-hydrogen) atoms. The van der Waals surface area contributed by atoms with Crippen LogP contribution >= 0.6 is 0 Å². The summed E-state index contributed by atoms with van der Waals surface area (Å²) in [6.07, 6.45) is 0. The van der Waals surface area contributed by atoms with Crippen molar-refractivity contribution in [2.75, 3.05) is 18.7 Å². The van der Waals surface area contributed by atoms with E-state index in [2.05, 4.69) is 10.6 Å². The molecular weight excluding hydrogens is 424 g/mol. The highest BCUT2D eigenvalue weighted by Gasteiger charge is 2.18. The Balaban J connectivity index is 1.33. The van der Waals surface area contributed by atoms with E-state index in [0.717, 1.165) is 11.1 Å². The smallest absolute Gasteiger partial charge is 0.338 e. The minimum Gasteiger partial charge on any atom is -0.454 e. The fourth-order valence-corrected chi connectivity index (χ4v) is 3.20. The van der Waals surface area contributed by atoms with E-state index in [1.54, 1.807) is 30.3 Å². The third kappa shape index (κ3) is 5.48. The van der Waals surface area contributed by atoms with Gasteiger partial charge in [0, 0.05) is 6.54 Å². The number of ether oxygens (including phenoxy) is 3. The van der Waals surface area contributed by atoms with Gasteiger partial charge >= 0.3 is 5.97 Å². The van der Waals surface area contributed by atoms with Crippen LogP contribution in [0, 0.1) is 6.92 Å². The zero-order valence-corrected chi connectivity index (χ0v) is 17.9. The second-order valence-electron chi connectivity index (χ2n) is 7.41. The van der Waals surface area contributed by atoms with E-state index in [1.165, 1.54) is 12.1 Å². The summed E-state index contributed by atoms with van der Waals surface area (Å²) < 4.78 is 15.5. The van der Waals surface area contributed by atoms with Crippen molar-refractivity contribution in [1.82, 2.24) is 5.32 Å². The molecule has 0 unspecified atom stereocenters. The van der Waals surface area contributed by atoms with Gasteiger partial charge in [0.05, 0.1) is 16.8 Å². The standard InChI is InChI=1S/C25H22N2O6/c1-16-6-8-17(9-7-16)13-26-24(29)19-4-2-3-5-20(19)27-23(28)14-31-25(30)18-10-11-21-22(12-18)33-15-32-21/h2-12H,13-15H2,1H3,(H,26,29)(H,27,28). The summed E-state index contributed by atoms with van der Waals surface area (Å²) >= 11 is 0. The summed E-state index contributed by atoms with van der Waals surface area (Å²) in [5.74, 6) is -0.583. The van der Waals surface area contributed by atoms with E-state index < -0.39 is 18.5 Å². The number of esters is 1. The molecule has 3 aromatic carbocycles. The fourth-order valence-electron chi connectivity index (χ4n) is 3.20. The highest BCUT2D eigenvalue weighted by atomic mass is 16.7. The van der Waals surface area contributed by atoms with Crippen LogP contribution in [0.3, 0.4) is 0 Å². The van der Waals surface area contributed by atoms with Gasteiger partial charge in [0.15, 0.2) is 18.1 Å². The van der Waals surface area contributed by atoms with Crippen LogP contribution in [-0.4, -0.2) is 31.2 Å². The maximum absolute atomic E-state index is 12.7. The van der Waals surface area contributed by atoms with Crippen LogP contribution in [0.4, 0.5) is 5.69 Å². The first-order valence-electron chi connectivity index (χ1n) is 10.3. The maximum atomic E-state index is 12.7. The molecule has 0 bridgehead atoms. The lowest BCUT2D eigenvalue weighted by Gasteiger charge is -2.12. The third-order valence-electron chi connectivity index (χ3n) is 4.96. The third-order valence-corrected chi connectivity index (χ3v) is 4.96. The molecule has 0 saturated heterocycles. The molecular formula is C25H22N2O6. The summed E-state index contributed by atoms with van der Waals surface area (Å²) in [5.41, 5.74) is 2.97. The van der Waals surface area contributed by atoms with Gasteiger partial charge in [-0.2, -0.15) is 0 Å². The summed E-state index contributed by atoms with van der Waals surface area (Å²) in [5, 5.41) is 5.47. The van der Waals surface area contributed by atoms with Crippen molar-refractivity contribution in [2.45, 2.75) is 13.5 Å². The van der Waals surface area contributed by atoms with Crippen molar-refractivity contribution < 1.29 is 28.6 Å². The number of carbonyl (C=O) groups excluding carboxylic acids is 3. The number of benzene rings is 3. The Kier molecular flexibility index (Phi) is 6.54. The largest absolute Gasteiger partial charge is 0.454 e. The zero-order valence-electron chi connectivity index (χ0n) is 17.9. The molecule has 8 nitrogen and oxygen atoms in total. The zero-order chi connectivity index (χ0) is 23.2. The van der Waals surface area contributed by atoms with Crippen LogP contribution in [0.15, 0.2) is 66.7 Å². The second-order valence-corrected chi connectivity index (χ2v) is 7.41. The number of para-hydroxylation sites is 1. The fraction of sp³-hybridized carbons (Fsp3) is 0.160. The molecule has 2 N–H and O–H groups in total. The van der Waals surface area contributed by atoms with E-state index in [9.17, 15) is 14.4 Å². The quantitative estimate of drug-likeness (QED) is 0.539. The van der Waals surface area contributed by atoms with Crippen molar-refractivity contribution in [2.24, 2.45) is 0 Å². The number of amides is 2. The van der Waals surface area contributed by atoms with Crippen molar-refractivity contribution in [1.29, 1.82) is 0 Å². The Morgan fingerprint density at radius 1 is 0.939 bits per heavy atom. The number of carbonyl (C=O) groups is 3. The normalized spacial score (nSPS) is 11.5. The van der Waals surface area contributed by atoms with Crippen molar-refractivity contribution in [3.05, 3.63) is 89.0 Å². The Bertz CT molecular complexity index is 1190. The molecule has 0 aliphatic carbocycles. The van der Waals surface area contributed by atoms with Gasteiger partial charge in [0.1, 0.15) is 0 Å². The Labute approximate surface area is 190 Å². The number of aryl methyl sites for hydroxylation is 1. The second kappa shape index (κ2) is 9.86. The average molecular weight is 446 g/mol. The number of nitrogens with one attached hydrogen (secondary N) is 2. The van der Waals surface area contributed by atoms with Crippen LogP contribution in [0.5, 0.6) is 11.5 Å². The van der Waals surface area contributed by atoms with Gasteiger partial charge in [0.2, 0.25) is 6.79 Å². The van der Waals surface area contributed by atoms with Crippen LogP contribution in [-0.2, 0) is 16.1 Å². The Hall–Kier alpha value is -4.33. The Morgan fingerprint density at radius 2 is 1.70 bits per heavy atom. The SMILES string of the molecule is Cc1ccc(CNC(=O)c2ccccc2NC(=O)COC(=O)c2ccc3c(c2)OCO3)cc1. The van der Waals surface area contributed by atoms with Gasteiger partial charge in [0.25, 0.3) is 11.8 Å². The summed E-state index contributed by atoms with van der Waals surface area (Å²) in [6.45, 7) is 1.93. The molecule has 0 spiro atoms. The Morgan fingerprint density at radius 3 is 2.52 bits per heavy atom. The first kappa shape index (κ1) is 21.9. The van der Waals surface area contributed by atoms with Crippen LogP contribution in [0.2, 0.25) is 0 Å². The topological polar surface area (TPSA) is 103 Å². The number of hydrogen-bond acceptors (Lipinski definition) is 6. The number of fused-ring (bicyclic) bond motifs is 1. The molecule has 0 fully saturated rings. The van der Waals surface area contributed by atoms with Crippen molar-refractivity contribution in [3.8, 4) is 11.5 Å². The predicted octanol–water partition coefficient (Wildman–Crippen LogP) is 3.45. The summed E-state index contributed by atoms with van der Waals surface area (Å²) in [7, 11) is 0. The van der Waals surface area contributed by atoms with Crippen LogP contribution in [0.25, 0.3) is 0 Å². The summed E-state index contributed by atoms with van der Waals surface area (Å²) in [4.78, 5) is 37.3. The lowest BCUT2D eigenvalue weighted by Crippen LogP contribution is -2.26. The molecule has 1 aliphatic rings. The van der Waals surface area contributed by atoms with Crippen molar-refractivity contribution >= 4 is 23.5 Å². The van der Waals surface area contributed by atoms with E-state index in [1.807, 2.05) is 31.2 Å². The van der Waals surface area contributed by atoms with Gasteiger partial charge < -0.3 is 24.8 Å². The van der Waals surface area contributed by atoms with Crippen LogP contribution in [0.1, 0.15) is 31.8 Å². The maximum Gasteiger partial charge on any atom is 0.338 e. The lowest BCUT2D eigenvalue weighted by atomic mass is 10.1. The van der Waals surface area contributed by atoms with E-state index in [0.29, 0.717) is 29.3 Å². The number of rotatable bonds is 7. The van der Waals surface area contributed by atoms with Crippen molar-refractivity contribution in [3.63, 3.8) is 0 Å². The van der Waals surface area contributed by atoms with Gasteiger partial charge in [-0.1, -0.05) is 42.0 Å². The van der Waals surface area contributed by atoms with Gasteiger partial charge in [-0.15, -0.1) is 0 Å². The molecule has 168 valence electrons. The molecule has 0 saturated carbocycles. The van der Waals surface area contributed by atoms with Gasteiger partial charge in [-0.25, -0.2) is 4.79 Å². The first-order valence-corrected chi connectivity index (χ1v) is 10.3. The average Bonchev–Trinajstić information content (AvgIpc) is 3.30. The predicted molar refractivity (Wildman–Crippen MR) is 120 cm³/mol. The monoisotopic (exact) mass is 446 g/mol. The molecule has 2 amide bonds. The van der Waals surface area contributed by atoms with Gasteiger partial charge in [-0.3, -0.25) is 9.59 Å². The summed E-state index contributed by atoms with van der Waals surface area (Å²) in [6, 6.07) is 19.1. The highest BCUT2D eigenvalue weighted by Crippen LogP contribution is 2.32. The minimum atomic E-state index is -0.674. The lowest BCUT2D eigenvalue weighted by molar-refractivity contribution is -0.119. The molecule has 0 atom stereocenters. The van der Waals surface area contributed by atoms with Gasteiger partial charge in [-0.05, 0) is 42.8 Å².